The van der Waals surface area contributed by atoms with E-state index in [0.29, 0.717) is 15.2 Å². The fourth-order valence-electron chi connectivity index (χ4n) is 1.93. The minimum absolute atomic E-state index is 0.0391. The van der Waals surface area contributed by atoms with Gasteiger partial charge in [-0.1, -0.05) is 41.9 Å². The minimum atomic E-state index is -2.91. The number of anilines is 1. The summed E-state index contributed by atoms with van der Waals surface area (Å²) >= 11 is 9.16. The Bertz CT molecular complexity index is 610. The molecule has 0 bridgehead atoms. The second-order valence-electron chi connectivity index (χ2n) is 4.42. The van der Waals surface area contributed by atoms with Crippen molar-refractivity contribution < 1.29 is 13.5 Å². The Balaban J connectivity index is 2.30. The average Bonchev–Trinajstić information content (AvgIpc) is 2.43. The second kappa shape index (κ2) is 7.09. The lowest BCUT2D eigenvalue weighted by atomic mass is 10.1. The van der Waals surface area contributed by atoms with Gasteiger partial charge in [0.2, 0.25) is 0 Å². The molecule has 1 atom stereocenters. The summed E-state index contributed by atoms with van der Waals surface area (Å²) in [5.41, 5.74) is 1.43. The molecular formula is C15H13BrClF2NO. The molecule has 0 saturated carbocycles. The van der Waals surface area contributed by atoms with Gasteiger partial charge in [0.15, 0.2) is 5.75 Å². The molecule has 0 fully saturated rings. The van der Waals surface area contributed by atoms with Crippen molar-refractivity contribution in [1.29, 1.82) is 0 Å². The first-order valence-electron chi connectivity index (χ1n) is 6.22. The molecule has 6 heteroatoms. The summed E-state index contributed by atoms with van der Waals surface area (Å²) in [6, 6.07) is 12.6. The number of ether oxygens (including phenoxy) is 1. The van der Waals surface area contributed by atoms with E-state index in [1.165, 1.54) is 6.07 Å². The predicted octanol–water partition coefficient (Wildman–Crippen LogP) is 5.88. The summed E-state index contributed by atoms with van der Waals surface area (Å²) in [6.07, 6.45) is 0. The van der Waals surface area contributed by atoms with Crippen LogP contribution >= 0.6 is 27.5 Å². The number of rotatable bonds is 5. The van der Waals surface area contributed by atoms with Crippen molar-refractivity contribution in [2.24, 2.45) is 0 Å². The molecule has 0 aromatic heterocycles. The van der Waals surface area contributed by atoms with E-state index < -0.39 is 6.61 Å². The highest BCUT2D eigenvalue weighted by molar-refractivity contribution is 9.10. The van der Waals surface area contributed by atoms with Gasteiger partial charge in [-0.25, -0.2) is 0 Å². The van der Waals surface area contributed by atoms with Crippen LogP contribution in [0.2, 0.25) is 5.02 Å². The van der Waals surface area contributed by atoms with E-state index in [1.807, 2.05) is 37.3 Å². The monoisotopic (exact) mass is 375 g/mol. The summed E-state index contributed by atoms with van der Waals surface area (Å²) in [5, 5.41) is 3.56. The van der Waals surface area contributed by atoms with E-state index in [-0.39, 0.29) is 11.8 Å². The van der Waals surface area contributed by atoms with Crippen LogP contribution in [0.1, 0.15) is 18.5 Å². The fourth-order valence-corrected chi connectivity index (χ4v) is 2.84. The zero-order valence-electron chi connectivity index (χ0n) is 11.1. The van der Waals surface area contributed by atoms with Crippen molar-refractivity contribution in [3.63, 3.8) is 0 Å². The second-order valence-corrected chi connectivity index (χ2v) is 5.71. The van der Waals surface area contributed by atoms with Crippen LogP contribution in [0.15, 0.2) is 46.9 Å². The topological polar surface area (TPSA) is 21.3 Å². The van der Waals surface area contributed by atoms with Crippen molar-refractivity contribution in [2.45, 2.75) is 19.6 Å². The van der Waals surface area contributed by atoms with Gasteiger partial charge in [0, 0.05) is 11.1 Å². The molecule has 0 saturated heterocycles. The molecule has 2 nitrogen and oxygen atoms in total. The zero-order valence-corrected chi connectivity index (χ0v) is 13.5. The maximum Gasteiger partial charge on any atom is 0.387 e. The van der Waals surface area contributed by atoms with Gasteiger partial charge in [0.05, 0.1) is 10.2 Å². The zero-order chi connectivity index (χ0) is 15.4. The highest BCUT2D eigenvalue weighted by Crippen LogP contribution is 2.39. The molecule has 0 aliphatic heterocycles. The van der Waals surface area contributed by atoms with Gasteiger partial charge >= 0.3 is 6.61 Å². The minimum Gasteiger partial charge on any atom is -0.431 e. The van der Waals surface area contributed by atoms with E-state index in [1.54, 1.807) is 6.07 Å². The van der Waals surface area contributed by atoms with Gasteiger partial charge < -0.3 is 10.1 Å². The SMILES string of the molecule is CC(Nc1cc(Cl)cc(Br)c1OC(F)F)c1ccccc1. The summed E-state index contributed by atoms with van der Waals surface area (Å²) < 4.78 is 30.0. The van der Waals surface area contributed by atoms with Crippen LogP contribution in [0.3, 0.4) is 0 Å². The van der Waals surface area contributed by atoms with Crippen LogP contribution in [0, 0.1) is 0 Å². The van der Waals surface area contributed by atoms with E-state index in [4.69, 9.17) is 11.6 Å². The third-order valence-electron chi connectivity index (χ3n) is 2.89. The Hall–Kier alpha value is -1.33. The first kappa shape index (κ1) is 16.0. The molecule has 0 aliphatic rings. The number of hydrogen-bond acceptors (Lipinski definition) is 2. The van der Waals surface area contributed by atoms with Crippen LogP contribution in [0.4, 0.5) is 14.5 Å². The maximum absolute atomic E-state index is 12.5. The Labute approximate surface area is 135 Å². The molecule has 1 N–H and O–H groups in total. The van der Waals surface area contributed by atoms with E-state index in [0.717, 1.165) is 5.56 Å². The van der Waals surface area contributed by atoms with E-state index >= 15 is 0 Å². The number of alkyl halides is 2. The smallest absolute Gasteiger partial charge is 0.387 e. The normalized spacial score (nSPS) is 12.3. The van der Waals surface area contributed by atoms with Crippen LogP contribution in [-0.4, -0.2) is 6.61 Å². The summed E-state index contributed by atoms with van der Waals surface area (Å²) in [5.74, 6) is 0.0391. The number of nitrogens with one attached hydrogen (secondary N) is 1. The number of halogens is 4. The van der Waals surface area contributed by atoms with Crippen LogP contribution in [0.5, 0.6) is 5.75 Å². The van der Waals surface area contributed by atoms with Crippen molar-refractivity contribution in [3.05, 3.63) is 57.5 Å². The standard InChI is InChI=1S/C15H13BrClF2NO/c1-9(10-5-3-2-4-6-10)20-13-8-11(17)7-12(16)14(13)21-15(18)19/h2-9,15,20H,1H3. The van der Waals surface area contributed by atoms with Crippen LogP contribution in [0.25, 0.3) is 0 Å². The Morgan fingerprint density at radius 2 is 1.86 bits per heavy atom. The molecule has 0 amide bonds. The largest absolute Gasteiger partial charge is 0.431 e. The molecular weight excluding hydrogens is 364 g/mol. The molecule has 112 valence electrons. The van der Waals surface area contributed by atoms with E-state index in [2.05, 4.69) is 26.0 Å². The maximum atomic E-state index is 12.5. The molecule has 1 unspecified atom stereocenters. The molecule has 0 heterocycles. The highest BCUT2D eigenvalue weighted by Gasteiger charge is 2.16. The molecule has 2 aromatic carbocycles. The molecule has 2 rings (SSSR count). The Morgan fingerprint density at radius 1 is 1.19 bits per heavy atom. The third-order valence-corrected chi connectivity index (χ3v) is 3.69. The first-order valence-corrected chi connectivity index (χ1v) is 7.40. The van der Waals surface area contributed by atoms with Crippen molar-refractivity contribution in [3.8, 4) is 5.75 Å². The van der Waals surface area contributed by atoms with Crippen molar-refractivity contribution >= 4 is 33.2 Å². The fraction of sp³-hybridized carbons (Fsp3) is 0.200. The molecule has 0 aliphatic carbocycles. The van der Waals surface area contributed by atoms with Gasteiger partial charge in [0.25, 0.3) is 0 Å². The summed E-state index contributed by atoms with van der Waals surface area (Å²) in [7, 11) is 0. The Morgan fingerprint density at radius 3 is 2.48 bits per heavy atom. The highest BCUT2D eigenvalue weighted by atomic mass is 79.9. The van der Waals surface area contributed by atoms with E-state index in [9.17, 15) is 8.78 Å². The number of benzene rings is 2. The lowest BCUT2D eigenvalue weighted by Crippen LogP contribution is -2.10. The quantitative estimate of drug-likeness (QED) is 0.704. The lowest BCUT2D eigenvalue weighted by molar-refractivity contribution is -0.0498. The number of hydrogen-bond donors (Lipinski definition) is 1. The summed E-state index contributed by atoms with van der Waals surface area (Å²) in [6.45, 7) is -0.980. The Kier molecular flexibility index (Phi) is 5.42. The van der Waals surface area contributed by atoms with Crippen molar-refractivity contribution in [1.82, 2.24) is 0 Å². The van der Waals surface area contributed by atoms with Gasteiger partial charge in [-0.15, -0.1) is 0 Å². The third kappa shape index (κ3) is 4.32. The van der Waals surface area contributed by atoms with Gasteiger partial charge in [-0.05, 0) is 40.5 Å². The average molecular weight is 377 g/mol. The van der Waals surface area contributed by atoms with Crippen molar-refractivity contribution in [2.75, 3.05) is 5.32 Å². The van der Waals surface area contributed by atoms with Gasteiger partial charge in [-0.2, -0.15) is 8.78 Å². The summed E-state index contributed by atoms with van der Waals surface area (Å²) in [4.78, 5) is 0. The molecule has 0 radical (unpaired) electrons. The molecule has 21 heavy (non-hydrogen) atoms. The van der Waals surface area contributed by atoms with Gasteiger partial charge in [0.1, 0.15) is 0 Å². The first-order chi connectivity index (χ1) is 9.97. The van der Waals surface area contributed by atoms with Crippen LogP contribution < -0.4 is 10.1 Å². The van der Waals surface area contributed by atoms with Gasteiger partial charge in [-0.3, -0.25) is 0 Å². The predicted molar refractivity (Wildman–Crippen MR) is 84.3 cm³/mol. The molecule has 0 spiro atoms. The lowest BCUT2D eigenvalue weighted by Gasteiger charge is -2.19. The van der Waals surface area contributed by atoms with Crippen LogP contribution in [-0.2, 0) is 0 Å². The molecule has 2 aromatic rings.